The van der Waals surface area contributed by atoms with E-state index in [9.17, 15) is 4.55 Å². The monoisotopic (exact) mass is 244 g/mol. The summed E-state index contributed by atoms with van der Waals surface area (Å²) in [5, 5.41) is 3.84. The van der Waals surface area contributed by atoms with E-state index < -0.39 is 11.4 Å². The molecule has 1 heterocycles. The van der Waals surface area contributed by atoms with Crippen LogP contribution in [0.3, 0.4) is 0 Å². The van der Waals surface area contributed by atoms with Crippen LogP contribution in [0.25, 0.3) is 0 Å². The van der Waals surface area contributed by atoms with Gasteiger partial charge >= 0.3 is 0 Å². The van der Waals surface area contributed by atoms with E-state index in [-0.39, 0.29) is 10.8 Å². The normalized spacial score (nSPS) is 16.1. The Labute approximate surface area is 100 Å². The average molecular weight is 244 g/mol. The van der Waals surface area contributed by atoms with Gasteiger partial charge in [0, 0.05) is 16.9 Å². The minimum Gasteiger partial charge on any atom is -0.598 e. The van der Waals surface area contributed by atoms with E-state index >= 15 is 0 Å². The summed E-state index contributed by atoms with van der Waals surface area (Å²) in [5.41, 5.74) is 1.84. The summed E-state index contributed by atoms with van der Waals surface area (Å²) in [6, 6.07) is 0.0336. The Morgan fingerprint density at radius 2 is 2.19 bits per heavy atom. The average Bonchev–Trinajstić information content (AvgIpc) is 2.59. The summed E-state index contributed by atoms with van der Waals surface area (Å²) >= 11 is -1.08. The third kappa shape index (κ3) is 3.23. The number of aryl methyl sites for hydroxylation is 1. The van der Waals surface area contributed by atoms with Gasteiger partial charge < -0.3 is 9.08 Å². The van der Waals surface area contributed by atoms with Gasteiger partial charge in [0.2, 0.25) is 0 Å². The maximum absolute atomic E-state index is 12.0. The molecule has 1 rings (SSSR count). The van der Waals surface area contributed by atoms with Crippen molar-refractivity contribution in [2.75, 3.05) is 0 Å². The van der Waals surface area contributed by atoms with Gasteiger partial charge in [-0.25, -0.2) is 0 Å². The van der Waals surface area contributed by atoms with Crippen molar-refractivity contribution in [3.63, 3.8) is 0 Å². The van der Waals surface area contributed by atoms with Crippen LogP contribution >= 0.6 is 0 Å². The van der Waals surface area contributed by atoms with Crippen molar-refractivity contribution < 1.29 is 9.08 Å². The Kier molecular flexibility index (Phi) is 4.41. The first kappa shape index (κ1) is 13.5. The fraction of sp³-hybridized carbons (Fsp3) is 0.727. The molecule has 0 fully saturated rings. The van der Waals surface area contributed by atoms with Crippen molar-refractivity contribution in [2.45, 2.75) is 51.8 Å². The second kappa shape index (κ2) is 5.21. The van der Waals surface area contributed by atoms with Crippen LogP contribution in [0.4, 0.5) is 0 Å². The molecule has 0 aliphatic heterocycles. The van der Waals surface area contributed by atoms with Gasteiger partial charge in [0.05, 0.1) is 11.7 Å². The first-order valence-corrected chi connectivity index (χ1v) is 6.60. The van der Waals surface area contributed by atoms with Crippen molar-refractivity contribution >= 4 is 11.4 Å². The largest absolute Gasteiger partial charge is 0.598 e. The lowest BCUT2D eigenvalue weighted by Crippen LogP contribution is -2.41. The molecule has 0 aliphatic rings. The summed E-state index contributed by atoms with van der Waals surface area (Å²) in [7, 11) is 0. The van der Waals surface area contributed by atoms with Gasteiger partial charge in [0.25, 0.3) is 0 Å². The van der Waals surface area contributed by atoms with Crippen molar-refractivity contribution in [1.82, 2.24) is 9.88 Å². The molecular weight excluding hydrogens is 224 g/mol. The molecule has 4 nitrogen and oxygen atoms in total. The number of nitrogens with zero attached hydrogens (tertiary/aromatic N) is 1. The van der Waals surface area contributed by atoms with Gasteiger partial charge in [-0.1, -0.05) is 12.1 Å². The van der Waals surface area contributed by atoms with Crippen LogP contribution in [-0.2, 0) is 11.4 Å². The SMILES string of the molecule is CC[C@H](N[S@+]([O-])C(C)(C)C)c1conc1C. The molecule has 0 spiro atoms. The minimum atomic E-state index is -1.08. The molecule has 0 saturated heterocycles. The van der Waals surface area contributed by atoms with E-state index in [2.05, 4.69) is 9.88 Å². The van der Waals surface area contributed by atoms with Gasteiger partial charge in [-0.05, 0) is 34.1 Å². The van der Waals surface area contributed by atoms with E-state index in [1.165, 1.54) is 0 Å². The Bertz CT molecular complexity index is 333. The lowest BCUT2D eigenvalue weighted by Gasteiger charge is -2.27. The third-order valence-corrected chi connectivity index (χ3v) is 3.99. The molecule has 92 valence electrons. The summed E-state index contributed by atoms with van der Waals surface area (Å²) in [4.78, 5) is 0. The van der Waals surface area contributed by atoms with Crippen molar-refractivity contribution in [1.29, 1.82) is 0 Å². The molecule has 0 amide bonds. The molecule has 1 aromatic heterocycles. The Hall–Kier alpha value is -0.520. The van der Waals surface area contributed by atoms with E-state index in [4.69, 9.17) is 4.52 Å². The van der Waals surface area contributed by atoms with E-state index in [1.807, 2.05) is 34.6 Å². The highest BCUT2D eigenvalue weighted by Crippen LogP contribution is 2.23. The highest BCUT2D eigenvalue weighted by Gasteiger charge is 2.30. The molecule has 16 heavy (non-hydrogen) atoms. The third-order valence-electron chi connectivity index (χ3n) is 2.38. The van der Waals surface area contributed by atoms with Gasteiger partial charge in [0.1, 0.15) is 11.0 Å². The molecular formula is C11H20N2O2S. The maximum atomic E-state index is 12.0. The molecule has 0 saturated carbocycles. The fourth-order valence-corrected chi connectivity index (χ4v) is 2.21. The highest BCUT2D eigenvalue weighted by atomic mass is 32.2. The second-order valence-electron chi connectivity index (χ2n) is 4.82. The number of hydrogen-bond acceptors (Lipinski definition) is 4. The van der Waals surface area contributed by atoms with Crippen molar-refractivity contribution in [3.8, 4) is 0 Å². The maximum Gasteiger partial charge on any atom is 0.136 e. The van der Waals surface area contributed by atoms with Crippen molar-refractivity contribution in [3.05, 3.63) is 17.5 Å². The zero-order valence-electron chi connectivity index (χ0n) is 10.5. The number of rotatable bonds is 4. The molecule has 1 aromatic rings. The highest BCUT2D eigenvalue weighted by molar-refractivity contribution is 7.90. The van der Waals surface area contributed by atoms with Crippen LogP contribution in [0.5, 0.6) is 0 Å². The van der Waals surface area contributed by atoms with Gasteiger partial charge in [0.15, 0.2) is 0 Å². The molecule has 0 radical (unpaired) electrons. The second-order valence-corrected chi connectivity index (χ2v) is 6.81. The minimum absolute atomic E-state index is 0.0336. The summed E-state index contributed by atoms with van der Waals surface area (Å²) < 4.78 is 19.8. The van der Waals surface area contributed by atoms with Crippen LogP contribution in [0.2, 0.25) is 0 Å². The van der Waals surface area contributed by atoms with Gasteiger partial charge in [-0.3, -0.25) is 0 Å². The van der Waals surface area contributed by atoms with Crippen LogP contribution < -0.4 is 4.72 Å². The zero-order chi connectivity index (χ0) is 12.3. The predicted octanol–water partition coefficient (Wildman–Crippen LogP) is 2.49. The lowest BCUT2D eigenvalue weighted by molar-refractivity contribution is 0.413. The summed E-state index contributed by atoms with van der Waals surface area (Å²) in [5.74, 6) is 0. The lowest BCUT2D eigenvalue weighted by atomic mass is 10.1. The molecule has 0 aromatic carbocycles. The first-order valence-electron chi connectivity index (χ1n) is 5.45. The Balaban J connectivity index is 2.74. The Morgan fingerprint density at radius 1 is 1.56 bits per heavy atom. The predicted molar refractivity (Wildman–Crippen MR) is 65.3 cm³/mol. The van der Waals surface area contributed by atoms with Crippen LogP contribution in [-0.4, -0.2) is 14.5 Å². The first-order chi connectivity index (χ1) is 7.36. The van der Waals surface area contributed by atoms with E-state index in [1.54, 1.807) is 6.26 Å². The molecule has 0 unspecified atom stereocenters. The standard InChI is InChI=1S/C11H20N2O2S/c1-6-10(9-7-15-12-8(9)2)13-16(14)11(3,4)5/h7,10,13H,6H2,1-5H3/t10-,16+/m0/s1. The zero-order valence-corrected chi connectivity index (χ0v) is 11.4. The summed E-state index contributed by atoms with van der Waals surface area (Å²) in [6.07, 6.45) is 2.47. The number of nitrogens with one attached hydrogen (secondary N) is 1. The number of aromatic nitrogens is 1. The van der Waals surface area contributed by atoms with Crippen LogP contribution in [0.15, 0.2) is 10.8 Å². The van der Waals surface area contributed by atoms with Crippen LogP contribution in [0, 0.1) is 6.92 Å². The van der Waals surface area contributed by atoms with Gasteiger partial charge in [-0.2, -0.15) is 0 Å². The van der Waals surface area contributed by atoms with E-state index in [0.717, 1.165) is 17.7 Å². The Morgan fingerprint density at radius 3 is 2.56 bits per heavy atom. The molecule has 0 aliphatic carbocycles. The molecule has 0 bridgehead atoms. The molecule has 2 atom stereocenters. The molecule has 1 N–H and O–H groups in total. The smallest absolute Gasteiger partial charge is 0.136 e. The fourth-order valence-electron chi connectivity index (χ4n) is 1.31. The summed E-state index contributed by atoms with van der Waals surface area (Å²) in [6.45, 7) is 9.78. The molecule has 5 heteroatoms. The van der Waals surface area contributed by atoms with E-state index in [0.29, 0.717) is 0 Å². The number of hydrogen-bond donors (Lipinski definition) is 1. The van der Waals surface area contributed by atoms with Crippen molar-refractivity contribution in [2.24, 2.45) is 0 Å². The van der Waals surface area contributed by atoms with Gasteiger partial charge in [-0.15, -0.1) is 4.72 Å². The van der Waals surface area contributed by atoms with Crippen LogP contribution in [0.1, 0.15) is 51.4 Å². The quantitative estimate of drug-likeness (QED) is 0.827. The topological polar surface area (TPSA) is 61.1 Å².